The number of ether oxygens (including phenoxy) is 1. The quantitative estimate of drug-likeness (QED) is 0.754. The van der Waals surface area contributed by atoms with Gasteiger partial charge in [0.2, 0.25) is 5.91 Å². The smallest absolute Gasteiger partial charge is 0.238 e. The first-order valence-electron chi connectivity index (χ1n) is 7.95. The lowest BCUT2D eigenvalue weighted by atomic mass is 10.2. The first-order valence-corrected chi connectivity index (χ1v) is 7.95. The SMILES string of the molecule is C=CCOc1ccc(CN(C)CC(=O)Nc2ccccc2C)cc1. The van der Waals surface area contributed by atoms with Gasteiger partial charge in [0.1, 0.15) is 12.4 Å². The second-order valence-electron chi connectivity index (χ2n) is 5.78. The third kappa shape index (κ3) is 5.56. The van der Waals surface area contributed by atoms with Crippen molar-refractivity contribution in [3.05, 3.63) is 72.3 Å². The summed E-state index contributed by atoms with van der Waals surface area (Å²) in [7, 11) is 1.93. The largest absolute Gasteiger partial charge is 0.490 e. The monoisotopic (exact) mass is 324 g/mol. The van der Waals surface area contributed by atoms with Crippen molar-refractivity contribution < 1.29 is 9.53 Å². The number of aryl methyl sites for hydroxylation is 1. The van der Waals surface area contributed by atoms with Gasteiger partial charge in [-0.15, -0.1) is 0 Å². The van der Waals surface area contributed by atoms with Crippen LogP contribution in [-0.4, -0.2) is 31.0 Å². The molecule has 1 N–H and O–H groups in total. The molecule has 0 saturated carbocycles. The summed E-state index contributed by atoms with van der Waals surface area (Å²) in [6, 6.07) is 15.6. The normalized spacial score (nSPS) is 10.5. The summed E-state index contributed by atoms with van der Waals surface area (Å²) < 4.78 is 5.46. The van der Waals surface area contributed by atoms with Crippen molar-refractivity contribution >= 4 is 11.6 Å². The highest BCUT2D eigenvalue weighted by molar-refractivity contribution is 5.92. The number of carbonyl (C=O) groups excluding carboxylic acids is 1. The Labute approximate surface area is 143 Å². The molecule has 0 radical (unpaired) electrons. The molecular formula is C20H24N2O2. The van der Waals surface area contributed by atoms with Gasteiger partial charge in [-0.2, -0.15) is 0 Å². The fraction of sp³-hybridized carbons (Fsp3) is 0.250. The van der Waals surface area contributed by atoms with E-state index in [4.69, 9.17) is 4.74 Å². The van der Waals surface area contributed by atoms with Crippen LogP contribution in [0.1, 0.15) is 11.1 Å². The second-order valence-corrected chi connectivity index (χ2v) is 5.78. The maximum Gasteiger partial charge on any atom is 0.238 e. The van der Waals surface area contributed by atoms with Crippen LogP contribution in [0.25, 0.3) is 0 Å². The molecule has 4 heteroatoms. The molecule has 0 unspecified atom stereocenters. The molecule has 0 aliphatic carbocycles. The van der Waals surface area contributed by atoms with E-state index in [2.05, 4.69) is 11.9 Å². The van der Waals surface area contributed by atoms with Gasteiger partial charge in [-0.25, -0.2) is 0 Å². The number of para-hydroxylation sites is 1. The minimum absolute atomic E-state index is 0.0160. The first kappa shape index (κ1) is 17.8. The van der Waals surface area contributed by atoms with Crippen LogP contribution in [0.4, 0.5) is 5.69 Å². The fourth-order valence-electron chi connectivity index (χ4n) is 2.36. The molecule has 0 saturated heterocycles. The molecule has 2 aromatic rings. The molecule has 2 rings (SSSR count). The second kappa shape index (κ2) is 8.89. The average molecular weight is 324 g/mol. The summed E-state index contributed by atoms with van der Waals surface area (Å²) in [5, 5.41) is 2.95. The Balaban J connectivity index is 1.84. The van der Waals surface area contributed by atoms with Crippen LogP contribution in [0.3, 0.4) is 0 Å². The van der Waals surface area contributed by atoms with Crippen LogP contribution in [0.2, 0.25) is 0 Å². The number of amides is 1. The number of hydrogen-bond donors (Lipinski definition) is 1. The van der Waals surface area contributed by atoms with Crippen LogP contribution < -0.4 is 10.1 Å². The fourth-order valence-corrected chi connectivity index (χ4v) is 2.36. The Hall–Kier alpha value is -2.59. The summed E-state index contributed by atoms with van der Waals surface area (Å²) in [5.41, 5.74) is 3.05. The van der Waals surface area contributed by atoms with Gasteiger partial charge in [-0.3, -0.25) is 9.69 Å². The zero-order valence-electron chi connectivity index (χ0n) is 14.3. The average Bonchev–Trinajstić information content (AvgIpc) is 2.56. The minimum atomic E-state index is -0.0160. The number of benzene rings is 2. The van der Waals surface area contributed by atoms with Gasteiger partial charge in [0.25, 0.3) is 0 Å². The van der Waals surface area contributed by atoms with E-state index in [1.165, 1.54) is 0 Å². The van der Waals surface area contributed by atoms with Crippen LogP contribution in [0, 0.1) is 6.92 Å². The van der Waals surface area contributed by atoms with Gasteiger partial charge in [0.05, 0.1) is 6.54 Å². The first-order chi connectivity index (χ1) is 11.6. The van der Waals surface area contributed by atoms with E-state index in [1.54, 1.807) is 6.08 Å². The van der Waals surface area contributed by atoms with Crippen LogP contribution in [-0.2, 0) is 11.3 Å². The molecule has 2 aromatic carbocycles. The van der Waals surface area contributed by atoms with Gasteiger partial charge in [0.15, 0.2) is 0 Å². The maximum absolute atomic E-state index is 12.2. The van der Waals surface area contributed by atoms with Crippen molar-refractivity contribution in [2.75, 3.05) is 25.5 Å². The number of nitrogens with one attached hydrogen (secondary N) is 1. The number of rotatable bonds is 8. The Bertz CT molecular complexity index is 680. The highest BCUT2D eigenvalue weighted by atomic mass is 16.5. The lowest BCUT2D eigenvalue weighted by Crippen LogP contribution is -2.30. The molecule has 0 fully saturated rings. The van der Waals surface area contributed by atoms with Crippen LogP contribution in [0.15, 0.2) is 61.2 Å². The molecule has 126 valence electrons. The van der Waals surface area contributed by atoms with E-state index in [-0.39, 0.29) is 5.91 Å². The maximum atomic E-state index is 12.2. The standard InChI is InChI=1S/C20H24N2O2/c1-4-13-24-18-11-9-17(10-12-18)14-22(3)15-20(23)21-19-8-6-5-7-16(19)2/h4-12H,1,13-15H2,2-3H3,(H,21,23). The molecule has 24 heavy (non-hydrogen) atoms. The topological polar surface area (TPSA) is 41.6 Å². The predicted octanol–water partition coefficient (Wildman–Crippen LogP) is 3.63. The highest BCUT2D eigenvalue weighted by Gasteiger charge is 2.08. The molecule has 0 heterocycles. The van der Waals surface area contributed by atoms with E-state index >= 15 is 0 Å². The van der Waals surface area contributed by atoms with E-state index in [0.29, 0.717) is 19.7 Å². The van der Waals surface area contributed by atoms with Crippen molar-refractivity contribution in [2.45, 2.75) is 13.5 Å². The van der Waals surface area contributed by atoms with Crippen LogP contribution in [0.5, 0.6) is 5.75 Å². The molecule has 0 bridgehead atoms. The minimum Gasteiger partial charge on any atom is -0.490 e. The molecule has 0 aliphatic rings. The number of anilines is 1. The van der Waals surface area contributed by atoms with Gasteiger partial charge in [-0.1, -0.05) is 43.0 Å². The molecule has 4 nitrogen and oxygen atoms in total. The van der Waals surface area contributed by atoms with Crippen molar-refractivity contribution in [3.8, 4) is 5.75 Å². The molecule has 0 aliphatic heterocycles. The Morgan fingerprint density at radius 2 is 1.92 bits per heavy atom. The summed E-state index contributed by atoms with van der Waals surface area (Å²) in [4.78, 5) is 14.1. The van der Waals surface area contributed by atoms with Gasteiger partial charge < -0.3 is 10.1 Å². The van der Waals surface area contributed by atoms with E-state index in [1.807, 2.05) is 67.4 Å². The van der Waals surface area contributed by atoms with Gasteiger partial charge >= 0.3 is 0 Å². The lowest BCUT2D eigenvalue weighted by molar-refractivity contribution is -0.117. The Morgan fingerprint density at radius 3 is 2.58 bits per heavy atom. The van der Waals surface area contributed by atoms with Crippen molar-refractivity contribution in [2.24, 2.45) is 0 Å². The van der Waals surface area contributed by atoms with Gasteiger partial charge in [-0.05, 0) is 43.3 Å². The predicted molar refractivity (Wildman–Crippen MR) is 98.3 cm³/mol. The third-order valence-corrected chi connectivity index (χ3v) is 3.58. The van der Waals surface area contributed by atoms with Crippen molar-refractivity contribution in [3.63, 3.8) is 0 Å². The number of carbonyl (C=O) groups is 1. The summed E-state index contributed by atoms with van der Waals surface area (Å²) >= 11 is 0. The number of nitrogens with zero attached hydrogens (tertiary/aromatic N) is 1. The third-order valence-electron chi connectivity index (χ3n) is 3.58. The lowest BCUT2D eigenvalue weighted by Gasteiger charge is -2.17. The summed E-state index contributed by atoms with van der Waals surface area (Å²) in [5.74, 6) is 0.802. The molecule has 0 aromatic heterocycles. The number of hydrogen-bond acceptors (Lipinski definition) is 3. The summed E-state index contributed by atoms with van der Waals surface area (Å²) in [6.45, 7) is 7.14. The number of likely N-dealkylation sites (N-methyl/N-ethyl adjacent to an activating group) is 1. The van der Waals surface area contributed by atoms with Crippen molar-refractivity contribution in [1.29, 1.82) is 0 Å². The van der Waals surface area contributed by atoms with Gasteiger partial charge in [0, 0.05) is 12.2 Å². The molecular weight excluding hydrogens is 300 g/mol. The van der Waals surface area contributed by atoms with E-state index in [0.717, 1.165) is 22.6 Å². The van der Waals surface area contributed by atoms with Crippen LogP contribution >= 0.6 is 0 Å². The van der Waals surface area contributed by atoms with E-state index in [9.17, 15) is 4.79 Å². The molecule has 0 atom stereocenters. The highest BCUT2D eigenvalue weighted by Crippen LogP contribution is 2.14. The zero-order valence-corrected chi connectivity index (χ0v) is 14.3. The Morgan fingerprint density at radius 1 is 1.21 bits per heavy atom. The summed E-state index contributed by atoms with van der Waals surface area (Å²) in [6.07, 6.45) is 1.72. The molecule has 1 amide bonds. The molecule has 0 spiro atoms. The van der Waals surface area contributed by atoms with E-state index < -0.39 is 0 Å². The van der Waals surface area contributed by atoms with Crippen molar-refractivity contribution in [1.82, 2.24) is 4.90 Å². The Kier molecular flexibility index (Phi) is 6.58. The zero-order chi connectivity index (χ0) is 17.4.